The van der Waals surface area contributed by atoms with E-state index in [2.05, 4.69) is 10.6 Å². The van der Waals surface area contributed by atoms with Crippen LogP contribution in [0.15, 0.2) is 78.9 Å². The van der Waals surface area contributed by atoms with Gasteiger partial charge in [-0.2, -0.15) is 0 Å². The second kappa shape index (κ2) is 11.3. The van der Waals surface area contributed by atoms with E-state index in [1.807, 2.05) is 85.8 Å². The van der Waals surface area contributed by atoms with E-state index < -0.39 is 31.3 Å². The minimum atomic E-state index is -1.73. The zero-order chi connectivity index (χ0) is 22.9. The third-order valence-electron chi connectivity index (χ3n) is 5.13. The van der Waals surface area contributed by atoms with Gasteiger partial charge in [0.1, 0.15) is 6.42 Å². The van der Waals surface area contributed by atoms with Gasteiger partial charge >= 0.3 is 7.12 Å². The lowest BCUT2D eigenvalue weighted by molar-refractivity contribution is -0.129. The van der Waals surface area contributed by atoms with Crippen molar-refractivity contribution in [1.82, 2.24) is 10.6 Å². The fourth-order valence-electron chi connectivity index (χ4n) is 3.37. The molecule has 164 valence electrons. The van der Waals surface area contributed by atoms with Gasteiger partial charge in [-0.3, -0.25) is 9.59 Å². The van der Waals surface area contributed by atoms with E-state index in [-0.39, 0.29) is 6.42 Å². The maximum absolute atomic E-state index is 12.3. The summed E-state index contributed by atoms with van der Waals surface area (Å²) in [7, 11) is -1.73. The maximum Gasteiger partial charge on any atom is 0.475 e. The van der Waals surface area contributed by atoms with Gasteiger partial charge in [-0.05, 0) is 41.7 Å². The highest BCUT2D eigenvalue weighted by Gasteiger charge is 2.26. The van der Waals surface area contributed by atoms with Crippen LogP contribution in [0.4, 0.5) is 0 Å². The lowest BCUT2D eigenvalue weighted by atomic mass is 9.76. The van der Waals surface area contributed by atoms with Crippen LogP contribution >= 0.6 is 0 Å². The number of amides is 2. The van der Waals surface area contributed by atoms with Crippen LogP contribution in [0.1, 0.15) is 23.1 Å². The summed E-state index contributed by atoms with van der Waals surface area (Å²) in [5.41, 5.74) is 5.00. The van der Waals surface area contributed by atoms with Gasteiger partial charge in [0.25, 0.3) is 0 Å². The molecule has 0 spiro atoms. The number of hydrogen-bond donors (Lipinski definition) is 4. The van der Waals surface area contributed by atoms with E-state index >= 15 is 0 Å². The first kappa shape index (κ1) is 23.3. The fourth-order valence-corrected chi connectivity index (χ4v) is 3.37. The summed E-state index contributed by atoms with van der Waals surface area (Å²) in [6, 6.07) is 25.3. The number of benzene rings is 3. The maximum atomic E-state index is 12.3. The van der Waals surface area contributed by atoms with E-state index in [1.54, 1.807) is 0 Å². The average Bonchev–Trinajstić information content (AvgIpc) is 2.79. The second-order valence-corrected chi connectivity index (χ2v) is 7.80. The van der Waals surface area contributed by atoms with E-state index in [4.69, 9.17) is 0 Å². The molecule has 1 atom stereocenters. The van der Waals surface area contributed by atoms with Crippen LogP contribution in [-0.4, -0.2) is 34.9 Å². The Hall–Kier alpha value is -3.42. The molecule has 0 heterocycles. The first-order valence-corrected chi connectivity index (χ1v) is 10.5. The van der Waals surface area contributed by atoms with Crippen LogP contribution in [0.25, 0.3) is 11.1 Å². The standard InChI is InChI=1S/C25H27BN2O4/c1-18-10-12-19(13-11-18)15-23(26(31)32)28-25(30)16-24(29)27-17-20-6-5-9-22(14-20)21-7-3-2-4-8-21/h2-14,23,31-32H,15-17H2,1H3,(H,27,29)(H,28,30). The number of carbonyl (C=O) groups is 2. The van der Waals surface area contributed by atoms with Gasteiger partial charge in [-0.25, -0.2) is 0 Å². The van der Waals surface area contributed by atoms with Crippen molar-refractivity contribution in [2.75, 3.05) is 0 Å². The van der Waals surface area contributed by atoms with Crippen LogP contribution < -0.4 is 10.6 Å². The second-order valence-electron chi connectivity index (χ2n) is 7.80. The summed E-state index contributed by atoms with van der Waals surface area (Å²) >= 11 is 0. The minimum absolute atomic E-state index is 0.248. The van der Waals surface area contributed by atoms with E-state index in [0.717, 1.165) is 27.8 Å². The highest BCUT2D eigenvalue weighted by Crippen LogP contribution is 2.19. The molecule has 0 saturated heterocycles. The van der Waals surface area contributed by atoms with Crippen LogP contribution in [0.2, 0.25) is 0 Å². The number of rotatable bonds is 9. The zero-order valence-electron chi connectivity index (χ0n) is 18.0. The Labute approximate surface area is 188 Å². The van der Waals surface area contributed by atoms with Crippen molar-refractivity contribution in [2.45, 2.75) is 32.3 Å². The molecule has 6 nitrogen and oxygen atoms in total. The van der Waals surface area contributed by atoms with E-state index in [1.165, 1.54) is 0 Å². The van der Waals surface area contributed by atoms with Crippen molar-refractivity contribution in [1.29, 1.82) is 0 Å². The fraction of sp³-hybridized carbons (Fsp3) is 0.200. The van der Waals surface area contributed by atoms with Crippen LogP contribution in [-0.2, 0) is 22.6 Å². The highest BCUT2D eigenvalue weighted by atomic mass is 16.4. The Bertz CT molecular complexity index is 1040. The largest absolute Gasteiger partial charge is 0.475 e. The predicted octanol–water partition coefficient (Wildman–Crippen LogP) is 2.41. The normalized spacial score (nSPS) is 11.5. The first-order chi connectivity index (χ1) is 15.4. The smallest absolute Gasteiger partial charge is 0.426 e. The molecule has 32 heavy (non-hydrogen) atoms. The summed E-state index contributed by atoms with van der Waals surface area (Å²) in [6.45, 7) is 2.25. The molecule has 3 rings (SSSR count). The van der Waals surface area contributed by atoms with Gasteiger partial charge in [-0.1, -0.05) is 78.4 Å². The van der Waals surface area contributed by atoms with Gasteiger partial charge < -0.3 is 20.7 Å². The van der Waals surface area contributed by atoms with Crippen molar-refractivity contribution in [2.24, 2.45) is 0 Å². The van der Waals surface area contributed by atoms with E-state index in [9.17, 15) is 19.6 Å². The molecule has 1 unspecified atom stereocenters. The van der Waals surface area contributed by atoms with Crippen molar-refractivity contribution in [3.8, 4) is 11.1 Å². The Morgan fingerprint density at radius 1 is 0.844 bits per heavy atom. The van der Waals surface area contributed by atoms with Crippen molar-refractivity contribution in [3.05, 3.63) is 95.6 Å². The van der Waals surface area contributed by atoms with Crippen molar-refractivity contribution >= 4 is 18.9 Å². The summed E-state index contributed by atoms with van der Waals surface area (Å²) in [4.78, 5) is 24.5. The van der Waals surface area contributed by atoms with Gasteiger partial charge in [-0.15, -0.1) is 0 Å². The summed E-state index contributed by atoms with van der Waals surface area (Å²) < 4.78 is 0. The monoisotopic (exact) mass is 430 g/mol. The molecule has 0 saturated carbocycles. The Balaban J connectivity index is 1.50. The average molecular weight is 430 g/mol. The molecule has 3 aromatic carbocycles. The lowest BCUT2D eigenvalue weighted by Gasteiger charge is -2.18. The molecule has 3 aromatic rings. The van der Waals surface area contributed by atoms with Gasteiger partial charge in [0.15, 0.2) is 0 Å². The third kappa shape index (κ3) is 7.08. The van der Waals surface area contributed by atoms with Crippen LogP contribution in [0.5, 0.6) is 0 Å². The molecule has 7 heteroatoms. The number of hydrogen-bond acceptors (Lipinski definition) is 4. The molecule has 0 aromatic heterocycles. The first-order valence-electron chi connectivity index (χ1n) is 10.5. The molecule has 0 radical (unpaired) electrons. The molecular weight excluding hydrogens is 403 g/mol. The van der Waals surface area contributed by atoms with Crippen LogP contribution in [0, 0.1) is 6.92 Å². The van der Waals surface area contributed by atoms with Gasteiger partial charge in [0.2, 0.25) is 11.8 Å². The van der Waals surface area contributed by atoms with Gasteiger partial charge in [0, 0.05) is 6.54 Å². The lowest BCUT2D eigenvalue weighted by Crippen LogP contribution is -2.48. The SMILES string of the molecule is Cc1ccc(CC(NC(=O)CC(=O)NCc2cccc(-c3ccccc3)c2)B(O)O)cc1. The molecular formula is C25H27BN2O4. The Kier molecular flexibility index (Phi) is 8.19. The van der Waals surface area contributed by atoms with E-state index in [0.29, 0.717) is 6.54 Å². The predicted molar refractivity (Wildman–Crippen MR) is 125 cm³/mol. The number of nitrogens with one attached hydrogen (secondary N) is 2. The number of aryl methyl sites for hydroxylation is 1. The van der Waals surface area contributed by atoms with Crippen molar-refractivity contribution in [3.63, 3.8) is 0 Å². The highest BCUT2D eigenvalue weighted by molar-refractivity contribution is 6.43. The Morgan fingerprint density at radius 3 is 2.22 bits per heavy atom. The van der Waals surface area contributed by atoms with Crippen molar-refractivity contribution < 1.29 is 19.6 Å². The molecule has 0 bridgehead atoms. The zero-order valence-corrected chi connectivity index (χ0v) is 18.0. The molecule has 0 aliphatic heterocycles. The van der Waals surface area contributed by atoms with Gasteiger partial charge in [0.05, 0.1) is 5.94 Å². The van der Waals surface area contributed by atoms with Crippen LogP contribution in [0.3, 0.4) is 0 Å². The molecule has 2 amide bonds. The molecule has 0 fully saturated rings. The number of carbonyl (C=O) groups excluding carboxylic acids is 2. The summed E-state index contributed by atoms with van der Waals surface area (Å²) in [5.74, 6) is -1.90. The summed E-state index contributed by atoms with van der Waals surface area (Å²) in [6.07, 6.45) is -0.146. The topological polar surface area (TPSA) is 98.7 Å². The Morgan fingerprint density at radius 2 is 1.53 bits per heavy atom. The third-order valence-corrected chi connectivity index (χ3v) is 5.13. The minimum Gasteiger partial charge on any atom is -0.426 e. The molecule has 0 aliphatic carbocycles. The summed E-state index contributed by atoms with van der Waals surface area (Å²) in [5, 5.41) is 24.5. The molecule has 4 N–H and O–H groups in total. The quantitative estimate of drug-likeness (QED) is 0.310. The molecule has 0 aliphatic rings.